The molecule has 20 heavy (non-hydrogen) atoms. The average molecular weight is 514 g/mol. The van der Waals surface area contributed by atoms with Gasteiger partial charge >= 0.3 is 0 Å². The minimum absolute atomic E-state index is 0. The van der Waals surface area contributed by atoms with Gasteiger partial charge in [0.05, 0.1) is 0 Å². The summed E-state index contributed by atoms with van der Waals surface area (Å²) >= 11 is 0. The Kier molecular flexibility index (Phi) is 41.9. The van der Waals surface area contributed by atoms with Crippen molar-refractivity contribution < 1.29 is 0 Å². The van der Waals surface area contributed by atoms with Crippen LogP contribution < -0.4 is 11.5 Å². The normalized spacial score (nSPS) is 9.30. The van der Waals surface area contributed by atoms with E-state index < -0.39 is 0 Å². The van der Waals surface area contributed by atoms with Crippen molar-refractivity contribution in [2.45, 2.75) is 90.9 Å². The number of rotatable bonds is 14. The van der Waals surface area contributed by atoms with Crippen LogP contribution >= 0.6 is 48.0 Å². The molecular weight excluding hydrogens is 474 g/mol. The van der Waals surface area contributed by atoms with Gasteiger partial charge < -0.3 is 11.5 Å². The SMILES string of the molecule is CCCCCCCCCCNCCCCCC.I.I.N. The minimum Gasteiger partial charge on any atom is -0.344 e. The molecule has 4 heteroatoms. The van der Waals surface area contributed by atoms with Crippen molar-refractivity contribution in [1.29, 1.82) is 0 Å². The fourth-order valence-electron chi connectivity index (χ4n) is 2.19. The molecule has 0 radical (unpaired) electrons. The highest BCUT2D eigenvalue weighted by molar-refractivity contribution is 14.0. The third-order valence-corrected chi connectivity index (χ3v) is 3.41. The summed E-state index contributed by atoms with van der Waals surface area (Å²) < 4.78 is 0. The fraction of sp³-hybridized carbons (Fsp3) is 1.00. The largest absolute Gasteiger partial charge is 0.344 e. The monoisotopic (exact) mass is 514 g/mol. The highest BCUT2D eigenvalue weighted by atomic mass is 127. The average Bonchev–Trinajstić information content (AvgIpc) is 2.35. The van der Waals surface area contributed by atoms with Crippen LogP contribution in [-0.4, -0.2) is 13.1 Å². The molecule has 0 aliphatic heterocycles. The molecule has 0 saturated heterocycles. The lowest BCUT2D eigenvalue weighted by molar-refractivity contribution is 0.542. The summed E-state index contributed by atoms with van der Waals surface area (Å²) in [4.78, 5) is 0. The van der Waals surface area contributed by atoms with E-state index in [2.05, 4.69) is 19.2 Å². The van der Waals surface area contributed by atoms with Crippen LogP contribution in [0.5, 0.6) is 0 Å². The topological polar surface area (TPSA) is 47.0 Å². The van der Waals surface area contributed by atoms with Crippen LogP contribution in [0.15, 0.2) is 0 Å². The van der Waals surface area contributed by atoms with E-state index in [1.54, 1.807) is 0 Å². The molecule has 0 spiro atoms. The van der Waals surface area contributed by atoms with Gasteiger partial charge in [0.15, 0.2) is 0 Å². The molecular formula is C16H40I2N2. The molecule has 0 atom stereocenters. The van der Waals surface area contributed by atoms with E-state index in [1.807, 2.05) is 0 Å². The van der Waals surface area contributed by atoms with Crippen LogP contribution in [0.1, 0.15) is 90.9 Å². The van der Waals surface area contributed by atoms with Crippen molar-refractivity contribution in [3.63, 3.8) is 0 Å². The van der Waals surface area contributed by atoms with Gasteiger partial charge in [0.25, 0.3) is 0 Å². The van der Waals surface area contributed by atoms with Gasteiger partial charge in [-0.05, 0) is 25.9 Å². The van der Waals surface area contributed by atoms with Gasteiger partial charge in [-0.3, -0.25) is 0 Å². The predicted molar refractivity (Wildman–Crippen MR) is 115 cm³/mol. The van der Waals surface area contributed by atoms with Crippen molar-refractivity contribution in [2.75, 3.05) is 13.1 Å². The lowest BCUT2D eigenvalue weighted by Crippen LogP contribution is -2.16. The predicted octanol–water partition coefficient (Wildman–Crippen LogP) is 6.70. The third-order valence-electron chi connectivity index (χ3n) is 3.41. The number of hydrogen-bond acceptors (Lipinski definition) is 2. The quantitative estimate of drug-likeness (QED) is 0.200. The molecule has 0 amide bonds. The van der Waals surface area contributed by atoms with E-state index >= 15 is 0 Å². The lowest BCUT2D eigenvalue weighted by Gasteiger charge is -2.04. The van der Waals surface area contributed by atoms with Gasteiger partial charge in [0.1, 0.15) is 0 Å². The highest BCUT2D eigenvalue weighted by Gasteiger charge is 1.92. The fourth-order valence-corrected chi connectivity index (χ4v) is 2.19. The molecule has 0 aliphatic rings. The standard InChI is InChI=1S/C16H35N.2HI.H3N/c1-3-5-7-9-10-11-12-14-16-17-15-13-8-6-4-2;;;/h17H,3-16H2,1-2H3;2*1H;1H3. The van der Waals surface area contributed by atoms with Crippen LogP contribution in [0, 0.1) is 0 Å². The first-order valence-corrected chi connectivity index (χ1v) is 8.12. The van der Waals surface area contributed by atoms with Crippen molar-refractivity contribution >= 4 is 48.0 Å². The van der Waals surface area contributed by atoms with Gasteiger partial charge in [0.2, 0.25) is 0 Å². The van der Waals surface area contributed by atoms with Crippen LogP contribution in [0.25, 0.3) is 0 Å². The molecule has 0 bridgehead atoms. The van der Waals surface area contributed by atoms with E-state index in [9.17, 15) is 0 Å². The molecule has 0 heterocycles. The first-order chi connectivity index (χ1) is 8.41. The highest BCUT2D eigenvalue weighted by Crippen LogP contribution is 2.07. The molecule has 0 aromatic rings. The summed E-state index contributed by atoms with van der Waals surface area (Å²) in [5.74, 6) is 0. The molecule has 2 nitrogen and oxygen atoms in total. The molecule has 0 rings (SSSR count). The number of nitrogens with one attached hydrogen (secondary N) is 1. The molecule has 0 fully saturated rings. The first kappa shape index (κ1) is 29.4. The van der Waals surface area contributed by atoms with E-state index in [0.717, 1.165) is 0 Å². The molecule has 0 aliphatic carbocycles. The molecule has 0 aromatic carbocycles. The van der Waals surface area contributed by atoms with Gasteiger partial charge in [-0.2, -0.15) is 0 Å². The van der Waals surface area contributed by atoms with Gasteiger partial charge in [-0.15, -0.1) is 48.0 Å². The molecule has 0 unspecified atom stereocenters. The molecule has 128 valence electrons. The first-order valence-electron chi connectivity index (χ1n) is 8.12. The number of hydrogen-bond donors (Lipinski definition) is 2. The Balaban J connectivity index is -0.000000427. The zero-order valence-corrected chi connectivity index (χ0v) is 18.6. The zero-order chi connectivity index (χ0) is 12.6. The third kappa shape index (κ3) is 27.7. The summed E-state index contributed by atoms with van der Waals surface area (Å²) in [6, 6.07) is 0. The van der Waals surface area contributed by atoms with Crippen molar-refractivity contribution in [1.82, 2.24) is 11.5 Å². The van der Waals surface area contributed by atoms with Crippen molar-refractivity contribution in [2.24, 2.45) is 0 Å². The number of halogens is 2. The molecule has 0 aromatic heterocycles. The summed E-state index contributed by atoms with van der Waals surface area (Å²) in [7, 11) is 0. The van der Waals surface area contributed by atoms with Gasteiger partial charge in [0, 0.05) is 0 Å². The second kappa shape index (κ2) is 28.5. The maximum Gasteiger partial charge on any atom is -0.00489 e. The summed E-state index contributed by atoms with van der Waals surface area (Å²) in [5.41, 5.74) is 0. The maximum atomic E-state index is 3.56. The van der Waals surface area contributed by atoms with E-state index in [-0.39, 0.29) is 54.1 Å². The van der Waals surface area contributed by atoms with E-state index in [1.165, 1.54) is 90.1 Å². The van der Waals surface area contributed by atoms with E-state index in [0.29, 0.717) is 0 Å². The van der Waals surface area contributed by atoms with Crippen LogP contribution in [0.4, 0.5) is 0 Å². The lowest BCUT2D eigenvalue weighted by atomic mass is 10.1. The Morgan fingerprint density at radius 3 is 1.20 bits per heavy atom. The molecule has 4 N–H and O–H groups in total. The Morgan fingerprint density at radius 1 is 0.500 bits per heavy atom. The summed E-state index contributed by atoms with van der Waals surface area (Å²) in [6.07, 6.45) is 16.9. The Morgan fingerprint density at radius 2 is 0.800 bits per heavy atom. The van der Waals surface area contributed by atoms with Crippen molar-refractivity contribution in [3.8, 4) is 0 Å². The Labute approximate surface area is 162 Å². The van der Waals surface area contributed by atoms with Crippen LogP contribution in [0.3, 0.4) is 0 Å². The Hall–Kier alpha value is 1.38. The van der Waals surface area contributed by atoms with E-state index in [4.69, 9.17) is 0 Å². The maximum absolute atomic E-state index is 3.56. The zero-order valence-electron chi connectivity index (χ0n) is 13.9. The van der Waals surface area contributed by atoms with Crippen LogP contribution in [0.2, 0.25) is 0 Å². The van der Waals surface area contributed by atoms with Gasteiger partial charge in [-0.25, -0.2) is 0 Å². The number of unbranched alkanes of at least 4 members (excludes halogenated alkanes) is 10. The van der Waals surface area contributed by atoms with Crippen molar-refractivity contribution in [3.05, 3.63) is 0 Å². The minimum atomic E-state index is 0. The molecule has 0 saturated carbocycles. The summed E-state index contributed by atoms with van der Waals surface area (Å²) in [6.45, 7) is 7.03. The van der Waals surface area contributed by atoms with Crippen LogP contribution in [-0.2, 0) is 0 Å². The smallest absolute Gasteiger partial charge is 0.00489 e. The second-order valence-corrected chi connectivity index (χ2v) is 5.29. The Bertz CT molecular complexity index is 122. The summed E-state index contributed by atoms with van der Waals surface area (Å²) in [5, 5.41) is 3.56. The second-order valence-electron chi connectivity index (χ2n) is 5.29. The van der Waals surface area contributed by atoms with Gasteiger partial charge in [-0.1, -0.05) is 78.1 Å².